The maximum absolute atomic E-state index is 5.76. The van der Waals surface area contributed by atoms with Crippen molar-refractivity contribution in [1.82, 2.24) is 15.1 Å². The fourth-order valence-electron chi connectivity index (χ4n) is 1.60. The fraction of sp³-hybridized carbons (Fsp3) is 0.417. The van der Waals surface area contributed by atoms with E-state index in [1.165, 1.54) is 0 Å². The zero-order chi connectivity index (χ0) is 11.5. The molecule has 4 nitrogen and oxygen atoms in total. The van der Waals surface area contributed by atoms with Crippen LogP contribution < -0.4 is 5.32 Å². The number of aromatic nitrogens is 2. The highest BCUT2D eigenvalue weighted by Gasteiger charge is 2.08. The van der Waals surface area contributed by atoms with Gasteiger partial charge in [0.2, 0.25) is 0 Å². The van der Waals surface area contributed by atoms with Crippen LogP contribution in [0.4, 0.5) is 0 Å². The lowest BCUT2D eigenvalue weighted by Gasteiger charge is -2.06. The molecule has 0 radical (unpaired) electrons. The molecule has 0 bridgehead atoms. The van der Waals surface area contributed by atoms with E-state index in [2.05, 4.69) is 17.3 Å². The summed E-state index contributed by atoms with van der Waals surface area (Å²) in [6.07, 6.45) is 4.66. The Bertz CT molecular complexity index is 458. The van der Waals surface area contributed by atoms with Crippen LogP contribution in [0, 0.1) is 0 Å². The third-order valence-corrected chi connectivity index (χ3v) is 2.65. The zero-order valence-corrected chi connectivity index (χ0v) is 9.90. The fourth-order valence-corrected chi connectivity index (χ4v) is 1.60. The summed E-state index contributed by atoms with van der Waals surface area (Å²) in [5.74, 6) is 1.88. The van der Waals surface area contributed by atoms with Gasteiger partial charge in [-0.05, 0) is 26.1 Å². The Morgan fingerprint density at radius 2 is 2.31 bits per heavy atom. The van der Waals surface area contributed by atoms with Crippen molar-refractivity contribution in [3.05, 3.63) is 30.3 Å². The molecular formula is C12H17N3O. The summed E-state index contributed by atoms with van der Waals surface area (Å²) in [5, 5.41) is 7.31. The second-order valence-corrected chi connectivity index (χ2v) is 4.06. The van der Waals surface area contributed by atoms with Crippen molar-refractivity contribution in [2.45, 2.75) is 19.4 Å². The Morgan fingerprint density at radius 1 is 1.50 bits per heavy atom. The van der Waals surface area contributed by atoms with Gasteiger partial charge in [-0.2, -0.15) is 5.10 Å². The second-order valence-electron chi connectivity index (χ2n) is 4.06. The van der Waals surface area contributed by atoms with Crippen molar-refractivity contribution in [1.29, 1.82) is 0 Å². The first-order valence-electron chi connectivity index (χ1n) is 5.44. The van der Waals surface area contributed by atoms with Crippen molar-refractivity contribution in [3.8, 4) is 11.3 Å². The number of hydrogen-bond acceptors (Lipinski definition) is 3. The van der Waals surface area contributed by atoms with Gasteiger partial charge >= 0.3 is 0 Å². The number of likely N-dealkylation sites (N-methyl/N-ethyl adjacent to an activating group) is 1. The van der Waals surface area contributed by atoms with E-state index in [9.17, 15) is 0 Å². The molecule has 16 heavy (non-hydrogen) atoms. The second kappa shape index (κ2) is 4.53. The summed E-state index contributed by atoms with van der Waals surface area (Å²) in [7, 11) is 3.85. The molecule has 0 aliphatic rings. The molecule has 0 spiro atoms. The minimum atomic E-state index is 0.424. The van der Waals surface area contributed by atoms with E-state index in [1.807, 2.05) is 38.6 Å². The Kier molecular flexibility index (Phi) is 3.10. The number of nitrogens with zero attached hydrogens (tertiary/aromatic N) is 2. The minimum Gasteiger partial charge on any atom is -0.461 e. The summed E-state index contributed by atoms with van der Waals surface area (Å²) >= 11 is 0. The van der Waals surface area contributed by atoms with Crippen molar-refractivity contribution in [2.75, 3.05) is 7.05 Å². The van der Waals surface area contributed by atoms with Gasteiger partial charge in [0.05, 0.1) is 11.8 Å². The van der Waals surface area contributed by atoms with Gasteiger partial charge in [0.15, 0.2) is 0 Å². The number of aryl methyl sites for hydroxylation is 1. The molecule has 4 heteroatoms. The summed E-state index contributed by atoms with van der Waals surface area (Å²) < 4.78 is 7.53. The van der Waals surface area contributed by atoms with Crippen LogP contribution in [0.5, 0.6) is 0 Å². The highest BCUT2D eigenvalue weighted by atomic mass is 16.3. The standard InChI is InChI=1S/C12H17N3O/c1-9(13-2)6-11-4-5-12(16-11)10-7-14-15(3)8-10/h4-5,7-9,13H,6H2,1-3H3. The maximum Gasteiger partial charge on any atom is 0.137 e. The third kappa shape index (κ3) is 2.33. The van der Waals surface area contributed by atoms with Crippen LogP contribution in [0.1, 0.15) is 12.7 Å². The Hall–Kier alpha value is -1.55. The number of nitrogens with one attached hydrogen (secondary N) is 1. The molecule has 2 aromatic rings. The summed E-state index contributed by atoms with van der Waals surface area (Å²) in [6, 6.07) is 4.44. The molecule has 0 aliphatic carbocycles. The average Bonchev–Trinajstić information content (AvgIpc) is 2.87. The van der Waals surface area contributed by atoms with Gasteiger partial charge in [-0.1, -0.05) is 0 Å². The van der Waals surface area contributed by atoms with Crippen LogP contribution in [0.2, 0.25) is 0 Å². The van der Waals surface area contributed by atoms with Gasteiger partial charge in [-0.3, -0.25) is 4.68 Å². The largest absolute Gasteiger partial charge is 0.461 e. The lowest BCUT2D eigenvalue weighted by molar-refractivity contribution is 0.481. The lowest BCUT2D eigenvalue weighted by atomic mass is 10.2. The molecule has 1 unspecified atom stereocenters. The molecule has 0 amide bonds. The van der Waals surface area contributed by atoms with Gasteiger partial charge in [-0.25, -0.2) is 0 Å². The highest BCUT2D eigenvalue weighted by molar-refractivity contribution is 5.55. The van der Waals surface area contributed by atoms with E-state index in [0.29, 0.717) is 6.04 Å². The Labute approximate surface area is 95.3 Å². The topological polar surface area (TPSA) is 43.0 Å². The van der Waals surface area contributed by atoms with E-state index in [1.54, 1.807) is 4.68 Å². The third-order valence-electron chi connectivity index (χ3n) is 2.65. The summed E-state index contributed by atoms with van der Waals surface area (Å²) in [6.45, 7) is 2.13. The van der Waals surface area contributed by atoms with Gasteiger partial charge in [0, 0.05) is 25.7 Å². The van der Waals surface area contributed by atoms with Gasteiger partial charge < -0.3 is 9.73 Å². The van der Waals surface area contributed by atoms with Crippen LogP contribution >= 0.6 is 0 Å². The van der Waals surface area contributed by atoms with Gasteiger partial charge in [0.1, 0.15) is 11.5 Å². The molecule has 0 saturated carbocycles. The molecule has 1 atom stereocenters. The predicted molar refractivity (Wildman–Crippen MR) is 63.1 cm³/mol. The quantitative estimate of drug-likeness (QED) is 0.853. The highest BCUT2D eigenvalue weighted by Crippen LogP contribution is 2.21. The summed E-state index contributed by atoms with van der Waals surface area (Å²) in [4.78, 5) is 0. The molecular weight excluding hydrogens is 202 g/mol. The maximum atomic E-state index is 5.76. The van der Waals surface area contributed by atoms with E-state index in [-0.39, 0.29) is 0 Å². The van der Waals surface area contributed by atoms with E-state index in [4.69, 9.17) is 4.42 Å². The van der Waals surface area contributed by atoms with Crippen molar-refractivity contribution in [2.24, 2.45) is 7.05 Å². The number of furan rings is 1. The zero-order valence-electron chi connectivity index (χ0n) is 9.90. The SMILES string of the molecule is CNC(C)Cc1ccc(-c2cnn(C)c2)o1. The Morgan fingerprint density at radius 3 is 2.94 bits per heavy atom. The van der Waals surface area contributed by atoms with Crippen LogP contribution in [-0.4, -0.2) is 22.9 Å². The summed E-state index contributed by atoms with van der Waals surface area (Å²) in [5.41, 5.74) is 1.02. The molecule has 0 aromatic carbocycles. The molecule has 1 N–H and O–H groups in total. The first-order valence-corrected chi connectivity index (χ1v) is 5.44. The van der Waals surface area contributed by atoms with Gasteiger partial charge in [0.25, 0.3) is 0 Å². The molecule has 0 aliphatic heterocycles. The van der Waals surface area contributed by atoms with Crippen LogP contribution in [0.3, 0.4) is 0 Å². The van der Waals surface area contributed by atoms with Crippen LogP contribution in [-0.2, 0) is 13.5 Å². The van der Waals surface area contributed by atoms with E-state index >= 15 is 0 Å². The van der Waals surface area contributed by atoms with E-state index < -0.39 is 0 Å². The lowest BCUT2D eigenvalue weighted by Crippen LogP contribution is -2.23. The molecule has 0 fully saturated rings. The number of hydrogen-bond donors (Lipinski definition) is 1. The molecule has 2 heterocycles. The minimum absolute atomic E-state index is 0.424. The molecule has 2 aromatic heterocycles. The first-order chi connectivity index (χ1) is 7.69. The van der Waals surface area contributed by atoms with E-state index in [0.717, 1.165) is 23.5 Å². The number of rotatable bonds is 4. The Balaban J connectivity index is 2.13. The van der Waals surface area contributed by atoms with Crippen molar-refractivity contribution >= 4 is 0 Å². The normalized spacial score (nSPS) is 12.9. The smallest absolute Gasteiger partial charge is 0.137 e. The molecule has 86 valence electrons. The average molecular weight is 219 g/mol. The van der Waals surface area contributed by atoms with Crippen LogP contribution in [0.15, 0.2) is 28.9 Å². The first kappa shape index (κ1) is 11.0. The van der Waals surface area contributed by atoms with Gasteiger partial charge in [-0.15, -0.1) is 0 Å². The monoisotopic (exact) mass is 219 g/mol. The predicted octanol–water partition coefficient (Wildman–Crippen LogP) is 1.83. The molecule has 2 rings (SSSR count). The van der Waals surface area contributed by atoms with Crippen molar-refractivity contribution < 1.29 is 4.42 Å². The van der Waals surface area contributed by atoms with Crippen LogP contribution in [0.25, 0.3) is 11.3 Å². The van der Waals surface area contributed by atoms with Crippen molar-refractivity contribution in [3.63, 3.8) is 0 Å². The molecule has 0 saturated heterocycles.